The van der Waals surface area contributed by atoms with Crippen LogP contribution >= 0.6 is 11.6 Å². The molecule has 7 nitrogen and oxygen atoms in total. The molecule has 0 spiro atoms. The SMILES string of the molecule is CC(=O)N1CCC[C@H](CCC(=O)Nc2cc(-c3cnn4c3CC(C)(C)C4)c(Cl)cn2)C1. The molecule has 2 aromatic heterocycles. The van der Waals surface area contributed by atoms with Crippen LogP contribution in [0.2, 0.25) is 5.02 Å². The van der Waals surface area contributed by atoms with Gasteiger partial charge in [-0.15, -0.1) is 0 Å². The number of pyridine rings is 1. The van der Waals surface area contributed by atoms with Gasteiger partial charge in [0.15, 0.2) is 0 Å². The molecule has 1 N–H and O–H groups in total. The van der Waals surface area contributed by atoms with E-state index in [1.807, 2.05) is 21.8 Å². The first-order valence-corrected chi connectivity index (χ1v) is 11.4. The Morgan fingerprint density at radius 1 is 1.29 bits per heavy atom. The van der Waals surface area contributed by atoms with Crippen molar-refractivity contribution in [2.75, 3.05) is 18.4 Å². The molecule has 0 radical (unpaired) electrons. The maximum Gasteiger partial charge on any atom is 0.225 e. The fourth-order valence-electron chi connectivity index (χ4n) is 4.71. The quantitative estimate of drug-likeness (QED) is 0.752. The highest BCUT2D eigenvalue weighted by Crippen LogP contribution is 2.39. The van der Waals surface area contributed by atoms with Crippen LogP contribution in [0.4, 0.5) is 5.82 Å². The Balaban J connectivity index is 1.40. The summed E-state index contributed by atoms with van der Waals surface area (Å²) in [5.41, 5.74) is 3.18. The minimum atomic E-state index is -0.0675. The Labute approximate surface area is 188 Å². The molecule has 2 aliphatic rings. The smallest absolute Gasteiger partial charge is 0.225 e. The molecule has 2 amide bonds. The molecule has 0 bridgehead atoms. The van der Waals surface area contributed by atoms with Crippen molar-refractivity contribution < 1.29 is 9.59 Å². The van der Waals surface area contributed by atoms with Gasteiger partial charge in [-0.2, -0.15) is 5.10 Å². The summed E-state index contributed by atoms with van der Waals surface area (Å²) in [6.45, 7) is 8.52. The number of piperidine rings is 1. The summed E-state index contributed by atoms with van der Waals surface area (Å²) in [6, 6.07) is 1.83. The first kappa shape index (κ1) is 21.8. The molecular formula is C23H30ClN5O2. The first-order valence-electron chi connectivity index (χ1n) is 11.0. The van der Waals surface area contributed by atoms with Gasteiger partial charge in [0.1, 0.15) is 5.82 Å². The van der Waals surface area contributed by atoms with Crippen LogP contribution in [0.5, 0.6) is 0 Å². The Hall–Kier alpha value is -2.41. The topological polar surface area (TPSA) is 80.1 Å². The predicted molar refractivity (Wildman–Crippen MR) is 121 cm³/mol. The third-order valence-corrected chi connectivity index (χ3v) is 6.63. The van der Waals surface area contributed by atoms with E-state index in [9.17, 15) is 9.59 Å². The Morgan fingerprint density at radius 2 is 2.10 bits per heavy atom. The van der Waals surface area contributed by atoms with E-state index < -0.39 is 0 Å². The summed E-state index contributed by atoms with van der Waals surface area (Å²) in [4.78, 5) is 30.3. The number of rotatable bonds is 5. The lowest BCUT2D eigenvalue weighted by Crippen LogP contribution is -2.38. The summed E-state index contributed by atoms with van der Waals surface area (Å²) in [5, 5.41) is 7.98. The minimum absolute atomic E-state index is 0.0675. The number of hydrogen-bond donors (Lipinski definition) is 1. The third-order valence-electron chi connectivity index (χ3n) is 6.33. The number of halogens is 1. The second-order valence-electron chi connectivity index (χ2n) is 9.61. The van der Waals surface area contributed by atoms with Crippen LogP contribution < -0.4 is 5.32 Å². The van der Waals surface area contributed by atoms with Crippen molar-refractivity contribution in [3.05, 3.63) is 29.2 Å². The molecule has 2 aliphatic heterocycles. The summed E-state index contributed by atoms with van der Waals surface area (Å²) in [5.74, 6) is 0.912. The van der Waals surface area contributed by atoms with Gasteiger partial charge >= 0.3 is 0 Å². The maximum atomic E-state index is 12.5. The lowest BCUT2D eigenvalue weighted by molar-refractivity contribution is -0.130. The summed E-state index contributed by atoms with van der Waals surface area (Å²) in [7, 11) is 0. The average molecular weight is 444 g/mol. The van der Waals surface area contributed by atoms with Crippen LogP contribution in [-0.2, 0) is 22.6 Å². The van der Waals surface area contributed by atoms with Crippen molar-refractivity contribution >= 4 is 29.2 Å². The fraction of sp³-hybridized carbons (Fsp3) is 0.565. The Bertz CT molecular complexity index is 1000. The van der Waals surface area contributed by atoms with E-state index in [0.717, 1.165) is 56.4 Å². The molecule has 4 rings (SSSR count). The second kappa shape index (κ2) is 8.61. The van der Waals surface area contributed by atoms with Crippen LogP contribution in [0.3, 0.4) is 0 Å². The van der Waals surface area contributed by atoms with Crippen molar-refractivity contribution in [3.8, 4) is 11.1 Å². The molecule has 1 saturated heterocycles. The largest absolute Gasteiger partial charge is 0.343 e. The Kier molecular flexibility index (Phi) is 6.06. The van der Waals surface area contributed by atoms with Crippen molar-refractivity contribution in [2.45, 2.75) is 59.4 Å². The van der Waals surface area contributed by atoms with Crippen molar-refractivity contribution in [1.29, 1.82) is 0 Å². The van der Waals surface area contributed by atoms with Crippen molar-refractivity contribution in [2.24, 2.45) is 11.3 Å². The number of aromatic nitrogens is 3. The molecule has 166 valence electrons. The molecule has 4 heterocycles. The van der Waals surface area contributed by atoms with Gasteiger partial charge in [-0.3, -0.25) is 14.3 Å². The highest BCUT2D eigenvalue weighted by molar-refractivity contribution is 6.33. The molecule has 31 heavy (non-hydrogen) atoms. The predicted octanol–water partition coefficient (Wildman–Crippen LogP) is 4.16. The van der Waals surface area contributed by atoms with Crippen molar-refractivity contribution in [1.82, 2.24) is 19.7 Å². The van der Waals surface area contributed by atoms with E-state index in [1.165, 1.54) is 5.69 Å². The molecule has 0 saturated carbocycles. The highest BCUT2D eigenvalue weighted by Gasteiger charge is 2.32. The number of anilines is 1. The lowest BCUT2D eigenvalue weighted by Gasteiger charge is -2.32. The molecule has 0 aliphatic carbocycles. The molecule has 0 unspecified atom stereocenters. The molecule has 0 aromatic carbocycles. The van der Waals surface area contributed by atoms with E-state index in [1.54, 1.807) is 13.1 Å². The standard InChI is InChI=1S/C23H30ClN5O2/c1-15(30)28-8-4-5-16(13-28)6-7-22(31)27-21-9-17(19(24)12-25-21)18-11-26-29-14-23(2,3)10-20(18)29/h9,11-12,16H,4-8,10,13-14H2,1-3H3,(H,25,27,31)/t16-/m1/s1. The van der Waals surface area contributed by atoms with Gasteiger partial charge in [-0.05, 0) is 43.1 Å². The molecule has 2 aromatic rings. The third kappa shape index (κ3) is 4.92. The van der Waals surface area contributed by atoms with Crippen LogP contribution in [-0.4, -0.2) is 44.6 Å². The molecule has 1 fully saturated rings. The summed E-state index contributed by atoms with van der Waals surface area (Å²) in [6.07, 6.45) is 7.60. The zero-order chi connectivity index (χ0) is 22.2. The van der Waals surface area contributed by atoms with Gasteiger partial charge in [0.2, 0.25) is 11.8 Å². The number of carbonyl (C=O) groups excluding carboxylic acids is 2. The number of nitrogens with zero attached hydrogens (tertiary/aromatic N) is 4. The van der Waals surface area contributed by atoms with Gasteiger partial charge in [0.25, 0.3) is 0 Å². The van der Waals surface area contributed by atoms with Gasteiger partial charge in [-0.25, -0.2) is 4.98 Å². The lowest BCUT2D eigenvalue weighted by atomic mass is 9.89. The molecule has 1 atom stereocenters. The second-order valence-corrected chi connectivity index (χ2v) is 10.0. The van der Waals surface area contributed by atoms with E-state index in [4.69, 9.17) is 11.6 Å². The zero-order valence-corrected chi connectivity index (χ0v) is 19.2. The number of carbonyl (C=O) groups is 2. The maximum absolute atomic E-state index is 12.5. The fourth-order valence-corrected chi connectivity index (χ4v) is 4.92. The zero-order valence-electron chi connectivity index (χ0n) is 18.4. The van der Waals surface area contributed by atoms with E-state index >= 15 is 0 Å². The number of hydrogen-bond acceptors (Lipinski definition) is 4. The normalized spacial score (nSPS) is 19.9. The number of amides is 2. The van der Waals surface area contributed by atoms with Gasteiger partial charge in [0.05, 0.1) is 11.2 Å². The Morgan fingerprint density at radius 3 is 2.87 bits per heavy atom. The molecular weight excluding hydrogens is 414 g/mol. The van der Waals surface area contributed by atoms with E-state index in [2.05, 4.69) is 29.2 Å². The number of nitrogens with one attached hydrogen (secondary N) is 1. The van der Waals surface area contributed by atoms with E-state index in [-0.39, 0.29) is 17.2 Å². The number of fused-ring (bicyclic) bond motifs is 1. The van der Waals surface area contributed by atoms with Gasteiger partial charge in [0, 0.05) is 56.0 Å². The summed E-state index contributed by atoms with van der Waals surface area (Å²) < 4.78 is 2.04. The van der Waals surface area contributed by atoms with E-state index in [0.29, 0.717) is 23.2 Å². The van der Waals surface area contributed by atoms with Crippen LogP contribution in [0, 0.1) is 11.3 Å². The minimum Gasteiger partial charge on any atom is -0.343 e. The highest BCUT2D eigenvalue weighted by atomic mass is 35.5. The van der Waals surface area contributed by atoms with Crippen LogP contribution in [0.25, 0.3) is 11.1 Å². The average Bonchev–Trinajstić information content (AvgIpc) is 3.23. The first-order chi connectivity index (χ1) is 14.7. The van der Waals surface area contributed by atoms with Crippen LogP contribution in [0.15, 0.2) is 18.5 Å². The van der Waals surface area contributed by atoms with Gasteiger partial charge in [-0.1, -0.05) is 25.4 Å². The molecule has 8 heteroatoms. The monoisotopic (exact) mass is 443 g/mol. The van der Waals surface area contributed by atoms with Gasteiger partial charge < -0.3 is 10.2 Å². The summed E-state index contributed by atoms with van der Waals surface area (Å²) >= 11 is 6.45. The number of likely N-dealkylation sites (tertiary alicyclic amines) is 1. The van der Waals surface area contributed by atoms with Crippen LogP contribution in [0.1, 0.15) is 52.1 Å². The van der Waals surface area contributed by atoms with Crippen molar-refractivity contribution in [3.63, 3.8) is 0 Å².